The molecule has 1 saturated heterocycles. The van der Waals surface area contributed by atoms with Gasteiger partial charge in [-0.1, -0.05) is 25.9 Å². The van der Waals surface area contributed by atoms with Crippen LogP contribution in [0.2, 0.25) is 0 Å². The van der Waals surface area contributed by atoms with Crippen molar-refractivity contribution in [3.05, 3.63) is 34.2 Å². The molecule has 8 nitrogen and oxygen atoms in total. The predicted molar refractivity (Wildman–Crippen MR) is 99.9 cm³/mol. The number of fused-ring (bicyclic) bond motifs is 1. The van der Waals surface area contributed by atoms with Crippen molar-refractivity contribution in [2.24, 2.45) is 0 Å². The van der Waals surface area contributed by atoms with E-state index in [1.165, 1.54) is 0 Å². The van der Waals surface area contributed by atoms with E-state index in [0.29, 0.717) is 28.8 Å². The largest absolute Gasteiger partial charge is 0.338 e. The van der Waals surface area contributed by atoms with Gasteiger partial charge in [-0.3, -0.25) is 4.79 Å². The van der Waals surface area contributed by atoms with Gasteiger partial charge >= 0.3 is 0 Å². The van der Waals surface area contributed by atoms with Crippen LogP contribution in [0.15, 0.2) is 21.6 Å². The van der Waals surface area contributed by atoms with E-state index < -0.39 is 0 Å². The summed E-state index contributed by atoms with van der Waals surface area (Å²) in [5, 5.41) is 11.9. The fraction of sp³-hybridized carbons (Fsp3) is 0.529. The Labute approximate surface area is 156 Å². The molecular weight excluding hydrogens is 356 g/mol. The molecule has 0 bridgehead atoms. The standard InChI is InChI=1S/C17H22N6O2.ClH/c1-17(2,3)16-21-14(22-25-16)11-9-19-23-12(8-13(24)20-15(11)23)10-4-6-18-7-5-10;/h8-10,18H,4-7H2,1-3H3,(H,20,24);1H. The summed E-state index contributed by atoms with van der Waals surface area (Å²) in [6, 6.07) is 1.65. The molecule has 26 heavy (non-hydrogen) atoms. The molecule has 1 aliphatic rings. The molecular formula is C17H23ClN6O2. The van der Waals surface area contributed by atoms with Gasteiger partial charge in [-0.05, 0) is 25.9 Å². The number of aromatic amines is 1. The van der Waals surface area contributed by atoms with Crippen molar-refractivity contribution in [2.45, 2.75) is 44.9 Å². The summed E-state index contributed by atoms with van der Waals surface area (Å²) in [5.41, 5.74) is 1.85. The zero-order valence-corrected chi connectivity index (χ0v) is 15.9. The molecule has 0 aliphatic carbocycles. The third-order valence-corrected chi connectivity index (χ3v) is 4.60. The minimum atomic E-state index is -0.234. The van der Waals surface area contributed by atoms with E-state index in [9.17, 15) is 4.79 Å². The number of nitrogens with one attached hydrogen (secondary N) is 2. The average Bonchev–Trinajstić information content (AvgIpc) is 3.21. The van der Waals surface area contributed by atoms with Crippen LogP contribution in [0.5, 0.6) is 0 Å². The molecule has 0 atom stereocenters. The number of nitrogens with zero attached hydrogens (tertiary/aromatic N) is 4. The summed E-state index contributed by atoms with van der Waals surface area (Å²) in [6.45, 7) is 7.94. The zero-order valence-electron chi connectivity index (χ0n) is 15.1. The second kappa shape index (κ2) is 6.85. The summed E-state index contributed by atoms with van der Waals surface area (Å²) in [4.78, 5) is 19.6. The highest BCUT2D eigenvalue weighted by Gasteiger charge is 2.25. The Morgan fingerprint density at radius 1 is 1.27 bits per heavy atom. The molecule has 9 heteroatoms. The van der Waals surface area contributed by atoms with Gasteiger partial charge in [0.2, 0.25) is 11.7 Å². The van der Waals surface area contributed by atoms with Crippen LogP contribution in [-0.2, 0) is 5.41 Å². The predicted octanol–water partition coefficient (Wildman–Crippen LogP) is 2.26. The van der Waals surface area contributed by atoms with E-state index in [-0.39, 0.29) is 23.4 Å². The van der Waals surface area contributed by atoms with Crippen LogP contribution >= 0.6 is 12.4 Å². The number of hydrogen-bond acceptors (Lipinski definition) is 6. The van der Waals surface area contributed by atoms with Gasteiger partial charge in [0.1, 0.15) is 5.65 Å². The van der Waals surface area contributed by atoms with Gasteiger partial charge in [-0.25, -0.2) is 4.52 Å². The first-order valence-electron chi connectivity index (χ1n) is 8.60. The first-order chi connectivity index (χ1) is 11.9. The maximum atomic E-state index is 12.2. The lowest BCUT2D eigenvalue weighted by Crippen LogP contribution is -2.28. The normalized spacial score (nSPS) is 16.0. The second-order valence-electron chi connectivity index (χ2n) is 7.57. The third-order valence-electron chi connectivity index (χ3n) is 4.60. The van der Waals surface area contributed by atoms with Crippen molar-refractivity contribution in [1.82, 2.24) is 30.1 Å². The monoisotopic (exact) mass is 378 g/mol. The van der Waals surface area contributed by atoms with Crippen LogP contribution < -0.4 is 10.9 Å². The highest BCUT2D eigenvalue weighted by Crippen LogP contribution is 2.28. The average molecular weight is 379 g/mol. The first kappa shape index (κ1) is 18.6. The second-order valence-corrected chi connectivity index (χ2v) is 7.57. The SMILES string of the molecule is CC(C)(C)c1nc(-c2cnn3c(C4CCNCC4)cc(=O)[nH]c23)no1.Cl. The minimum absolute atomic E-state index is 0. The zero-order chi connectivity index (χ0) is 17.6. The highest BCUT2D eigenvalue weighted by atomic mass is 35.5. The minimum Gasteiger partial charge on any atom is -0.338 e. The Morgan fingerprint density at radius 2 is 2.00 bits per heavy atom. The van der Waals surface area contributed by atoms with Crippen LogP contribution in [0, 0.1) is 0 Å². The molecule has 1 aliphatic heterocycles. The molecule has 0 amide bonds. The molecule has 0 radical (unpaired) electrons. The van der Waals surface area contributed by atoms with Crippen molar-refractivity contribution in [2.75, 3.05) is 13.1 Å². The molecule has 0 saturated carbocycles. The van der Waals surface area contributed by atoms with Crippen molar-refractivity contribution in [3.8, 4) is 11.4 Å². The van der Waals surface area contributed by atoms with Gasteiger partial charge in [0.25, 0.3) is 5.56 Å². The van der Waals surface area contributed by atoms with Crippen molar-refractivity contribution >= 4 is 18.1 Å². The van der Waals surface area contributed by atoms with Gasteiger partial charge in [-0.2, -0.15) is 10.1 Å². The van der Waals surface area contributed by atoms with E-state index >= 15 is 0 Å². The molecule has 0 unspecified atom stereocenters. The number of piperidine rings is 1. The van der Waals surface area contributed by atoms with Crippen molar-refractivity contribution in [1.29, 1.82) is 0 Å². The van der Waals surface area contributed by atoms with Gasteiger partial charge < -0.3 is 14.8 Å². The molecule has 4 heterocycles. The molecule has 0 aromatic carbocycles. The first-order valence-corrected chi connectivity index (χ1v) is 8.60. The van der Waals surface area contributed by atoms with Gasteiger partial charge in [0.15, 0.2) is 0 Å². The molecule has 140 valence electrons. The lowest BCUT2D eigenvalue weighted by atomic mass is 9.94. The summed E-state index contributed by atoms with van der Waals surface area (Å²) < 4.78 is 7.19. The molecule has 2 N–H and O–H groups in total. The van der Waals surface area contributed by atoms with Crippen LogP contribution in [0.1, 0.15) is 51.1 Å². The Hall–Kier alpha value is -2.19. The van der Waals surface area contributed by atoms with E-state index in [2.05, 4.69) is 25.5 Å². The van der Waals surface area contributed by atoms with Gasteiger partial charge in [-0.15, -0.1) is 12.4 Å². The van der Waals surface area contributed by atoms with Gasteiger partial charge in [0.05, 0.1) is 17.5 Å². The van der Waals surface area contributed by atoms with E-state index in [1.807, 2.05) is 20.8 Å². The van der Waals surface area contributed by atoms with Crippen LogP contribution in [-0.4, -0.2) is 37.8 Å². The Bertz CT molecular complexity index is 962. The highest BCUT2D eigenvalue weighted by molar-refractivity contribution is 5.85. The summed E-state index contributed by atoms with van der Waals surface area (Å²) in [7, 11) is 0. The topological polar surface area (TPSA) is 101 Å². The summed E-state index contributed by atoms with van der Waals surface area (Å²) >= 11 is 0. The van der Waals surface area contributed by atoms with E-state index in [0.717, 1.165) is 31.6 Å². The van der Waals surface area contributed by atoms with Crippen LogP contribution in [0.3, 0.4) is 0 Å². The third kappa shape index (κ3) is 3.26. The van der Waals surface area contributed by atoms with Crippen LogP contribution in [0.4, 0.5) is 0 Å². The molecule has 3 aromatic rings. The number of H-pyrrole nitrogens is 1. The van der Waals surface area contributed by atoms with E-state index in [1.54, 1.807) is 16.8 Å². The number of hydrogen-bond donors (Lipinski definition) is 2. The fourth-order valence-electron chi connectivity index (χ4n) is 3.22. The molecule has 0 spiro atoms. The maximum Gasteiger partial charge on any atom is 0.251 e. The Balaban J connectivity index is 0.00000196. The van der Waals surface area contributed by atoms with Crippen molar-refractivity contribution in [3.63, 3.8) is 0 Å². The summed E-state index contributed by atoms with van der Waals surface area (Å²) in [6.07, 6.45) is 3.67. The Kier molecular flexibility index (Phi) is 4.90. The van der Waals surface area contributed by atoms with Crippen molar-refractivity contribution < 1.29 is 4.52 Å². The van der Waals surface area contributed by atoms with Crippen LogP contribution in [0.25, 0.3) is 17.0 Å². The maximum absolute atomic E-state index is 12.2. The molecule has 3 aromatic heterocycles. The van der Waals surface area contributed by atoms with Gasteiger partial charge in [0, 0.05) is 17.4 Å². The number of rotatable bonds is 2. The molecule has 4 rings (SSSR count). The number of aromatic nitrogens is 5. The Morgan fingerprint density at radius 3 is 2.65 bits per heavy atom. The lowest BCUT2D eigenvalue weighted by molar-refractivity contribution is 0.321. The summed E-state index contributed by atoms with van der Waals surface area (Å²) in [5.74, 6) is 1.31. The lowest BCUT2D eigenvalue weighted by Gasteiger charge is -2.23. The smallest absolute Gasteiger partial charge is 0.251 e. The quantitative estimate of drug-likeness (QED) is 0.709. The fourth-order valence-corrected chi connectivity index (χ4v) is 3.22. The number of halogens is 1. The van der Waals surface area contributed by atoms with E-state index in [4.69, 9.17) is 4.52 Å². The molecule has 1 fully saturated rings.